The van der Waals surface area contributed by atoms with E-state index < -0.39 is 5.41 Å². The Bertz CT molecular complexity index is 837. The second-order valence-corrected chi connectivity index (χ2v) is 8.57. The van der Waals surface area contributed by atoms with Crippen LogP contribution in [0.4, 0.5) is 0 Å². The average Bonchev–Trinajstić information content (AvgIpc) is 3.41. The van der Waals surface area contributed by atoms with E-state index in [0.29, 0.717) is 19.2 Å². The van der Waals surface area contributed by atoms with Gasteiger partial charge in [0.15, 0.2) is 0 Å². The first-order valence-corrected chi connectivity index (χ1v) is 10.5. The van der Waals surface area contributed by atoms with Gasteiger partial charge in [-0.3, -0.25) is 14.7 Å². The molecule has 2 aliphatic heterocycles. The van der Waals surface area contributed by atoms with Crippen molar-refractivity contribution >= 4 is 5.91 Å². The highest BCUT2D eigenvalue weighted by molar-refractivity contribution is 5.86. The Morgan fingerprint density at radius 2 is 2.17 bits per heavy atom. The van der Waals surface area contributed by atoms with Gasteiger partial charge < -0.3 is 14.2 Å². The Balaban J connectivity index is 1.61. The molecule has 0 N–H and O–H groups in total. The molecular weight excluding hydrogens is 366 g/mol. The van der Waals surface area contributed by atoms with Gasteiger partial charge in [0, 0.05) is 64.2 Å². The quantitative estimate of drug-likeness (QED) is 0.718. The van der Waals surface area contributed by atoms with E-state index in [-0.39, 0.29) is 11.8 Å². The molecule has 0 aromatic carbocycles. The Morgan fingerprint density at radius 3 is 2.86 bits per heavy atom. The Labute approximate surface area is 172 Å². The molecule has 156 valence electrons. The van der Waals surface area contributed by atoms with Crippen LogP contribution in [-0.2, 0) is 16.1 Å². The molecular formula is C22H31N5O2. The molecule has 2 aromatic heterocycles. The summed E-state index contributed by atoms with van der Waals surface area (Å²) in [5.41, 5.74) is 1.67. The van der Waals surface area contributed by atoms with E-state index in [4.69, 9.17) is 9.72 Å². The molecule has 2 aliphatic rings. The number of aromatic nitrogens is 3. The Hall–Kier alpha value is -2.25. The molecule has 1 spiro atoms. The lowest BCUT2D eigenvalue weighted by Crippen LogP contribution is -2.40. The number of imidazole rings is 1. The van der Waals surface area contributed by atoms with E-state index >= 15 is 0 Å². The van der Waals surface area contributed by atoms with Crippen LogP contribution < -0.4 is 0 Å². The first kappa shape index (κ1) is 20.0. The van der Waals surface area contributed by atoms with E-state index in [1.54, 1.807) is 7.11 Å². The summed E-state index contributed by atoms with van der Waals surface area (Å²) in [4.78, 5) is 27.1. The van der Waals surface area contributed by atoms with Crippen LogP contribution in [-0.4, -0.2) is 70.1 Å². The molecule has 4 heterocycles. The van der Waals surface area contributed by atoms with E-state index in [1.807, 2.05) is 29.6 Å². The Morgan fingerprint density at radius 1 is 1.31 bits per heavy atom. The molecule has 2 aromatic rings. The van der Waals surface area contributed by atoms with Crippen molar-refractivity contribution < 1.29 is 9.53 Å². The molecule has 2 fully saturated rings. The summed E-state index contributed by atoms with van der Waals surface area (Å²) >= 11 is 0. The fraction of sp³-hybridized carbons (Fsp3) is 0.591. The fourth-order valence-corrected chi connectivity index (χ4v) is 4.78. The van der Waals surface area contributed by atoms with Crippen molar-refractivity contribution in [2.24, 2.45) is 5.41 Å². The zero-order valence-electron chi connectivity index (χ0n) is 17.6. The summed E-state index contributed by atoms with van der Waals surface area (Å²) in [5.74, 6) is 0.355. The number of ether oxygens (including phenoxy) is 1. The summed E-state index contributed by atoms with van der Waals surface area (Å²) in [6.45, 7) is 8.67. The Kier molecular flexibility index (Phi) is 5.69. The molecule has 0 unspecified atom stereocenters. The molecule has 7 nitrogen and oxygen atoms in total. The molecule has 1 amide bonds. The van der Waals surface area contributed by atoms with Crippen LogP contribution in [0.3, 0.4) is 0 Å². The highest BCUT2D eigenvalue weighted by Crippen LogP contribution is 2.49. The molecule has 0 bridgehead atoms. The molecule has 29 heavy (non-hydrogen) atoms. The van der Waals surface area contributed by atoms with Gasteiger partial charge in [-0.25, -0.2) is 4.98 Å². The van der Waals surface area contributed by atoms with Crippen LogP contribution in [0.5, 0.6) is 0 Å². The number of pyridine rings is 1. The number of amides is 1. The number of hydrogen-bond acceptors (Lipinski definition) is 5. The van der Waals surface area contributed by atoms with Crippen molar-refractivity contribution in [3.8, 4) is 0 Å². The van der Waals surface area contributed by atoms with Gasteiger partial charge in [-0.2, -0.15) is 0 Å². The van der Waals surface area contributed by atoms with Crippen LogP contribution in [0.15, 0.2) is 36.9 Å². The SMILES string of the molecule is COCCN1CC[C@]2(CN(Cc3ccccn3)C[C@H]2c2cn(C(C)C)cn2)C1=O. The summed E-state index contributed by atoms with van der Waals surface area (Å²) in [6.07, 6.45) is 6.73. The molecule has 0 saturated carbocycles. The van der Waals surface area contributed by atoms with Gasteiger partial charge in [-0.15, -0.1) is 0 Å². The topological polar surface area (TPSA) is 63.5 Å². The van der Waals surface area contributed by atoms with Gasteiger partial charge in [0.25, 0.3) is 0 Å². The van der Waals surface area contributed by atoms with Gasteiger partial charge in [0.1, 0.15) is 0 Å². The van der Waals surface area contributed by atoms with Gasteiger partial charge in [0.2, 0.25) is 5.91 Å². The standard InChI is InChI=1S/C22H31N5O2/c1-17(2)27-14-20(24-16-27)19-13-25(12-18-6-4-5-8-23-18)15-22(19)7-9-26(21(22)28)10-11-29-3/h4-6,8,14,16-17,19H,7,9-13,15H2,1-3H3/t19-,22+/m0/s1. The maximum atomic E-state index is 13.6. The third kappa shape index (κ3) is 3.81. The highest BCUT2D eigenvalue weighted by atomic mass is 16.5. The van der Waals surface area contributed by atoms with E-state index in [2.05, 4.69) is 40.6 Å². The van der Waals surface area contributed by atoms with Crippen molar-refractivity contribution in [1.29, 1.82) is 0 Å². The van der Waals surface area contributed by atoms with E-state index in [9.17, 15) is 4.79 Å². The largest absolute Gasteiger partial charge is 0.383 e. The normalized spacial score (nSPS) is 25.0. The smallest absolute Gasteiger partial charge is 0.230 e. The lowest BCUT2D eigenvalue weighted by atomic mass is 9.75. The van der Waals surface area contributed by atoms with Crippen LogP contribution in [0.1, 0.15) is 43.6 Å². The maximum absolute atomic E-state index is 13.6. The zero-order chi connectivity index (χ0) is 20.4. The third-order valence-corrected chi connectivity index (χ3v) is 6.41. The van der Waals surface area contributed by atoms with Crippen molar-refractivity contribution in [3.63, 3.8) is 0 Å². The van der Waals surface area contributed by atoms with Gasteiger partial charge in [0.05, 0.1) is 29.7 Å². The third-order valence-electron chi connectivity index (χ3n) is 6.41. The first-order valence-electron chi connectivity index (χ1n) is 10.5. The van der Waals surface area contributed by atoms with Crippen molar-refractivity contribution in [2.45, 2.75) is 38.8 Å². The predicted molar refractivity (Wildman–Crippen MR) is 110 cm³/mol. The number of carbonyl (C=O) groups excluding carboxylic acids is 1. The van der Waals surface area contributed by atoms with E-state index in [0.717, 1.165) is 44.0 Å². The number of likely N-dealkylation sites (tertiary alicyclic amines) is 2. The lowest BCUT2D eigenvalue weighted by Gasteiger charge is -2.28. The summed E-state index contributed by atoms with van der Waals surface area (Å²) in [5, 5.41) is 0. The highest BCUT2D eigenvalue weighted by Gasteiger charge is 2.57. The van der Waals surface area contributed by atoms with Gasteiger partial charge in [-0.05, 0) is 32.4 Å². The lowest BCUT2D eigenvalue weighted by molar-refractivity contribution is -0.136. The van der Waals surface area contributed by atoms with Gasteiger partial charge in [-0.1, -0.05) is 6.07 Å². The second-order valence-electron chi connectivity index (χ2n) is 8.57. The molecule has 7 heteroatoms. The van der Waals surface area contributed by atoms with Crippen LogP contribution >= 0.6 is 0 Å². The number of methoxy groups -OCH3 is 1. The van der Waals surface area contributed by atoms with Crippen molar-refractivity contribution in [1.82, 2.24) is 24.3 Å². The van der Waals surface area contributed by atoms with Gasteiger partial charge >= 0.3 is 0 Å². The predicted octanol–water partition coefficient (Wildman–Crippen LogP) is 2.32. The summed E-state index contributed by atoms with van der Waals surface area (Å²) in [7, 11) is 1.68. The molecule has 0 aliphatic carbocycles. The maximum Gasteiger partial charge on any atom is 0.230 e. The molecule has 2 saturated heterocycles. The molecule has 0 radical (unpaired) electrons. The summed E-state index contributed by atoms with van der Waals surface area (Å²) < 4.78 is 7.35. The van der Waals surface area contributed by atoms with Crippen LogP contribution in [0.2, 0.25) is 0 Å². The molecule has 2 atom stereocenters. The van der Waals surface area contributed by atoms with Crippen molar-refractivity contribution in [3.05, 3.63) is 48.3 Å². The number of nitrogens with zero attached hydrogens (tertiary/aromatic N) is 5. The number of rotatable bonds is 7. The number of hydrogen-bond donors (Lipinski definition) is 0. The molecule has 4 rings (SSSR count). The average molecular weight is 398 g/mol. The summed E-state index contributed by atoms with van der Waals surface area (Å²) in [6, 6.07) is 6.36. The minimum Gasteiger partial charge on any atom is -0.383 e. The van der Waals surface area contributed by atoms with Crippen LogP contribution in [0, 0.1) is 5.41 Å². The monoisotopic (exact) mass is 397 g/mol. The first-order chi connectivity index (χ1) is 14.0. The second kappa shape index (κ2) is 8.24. The van der Waals surface area contributed by atoms with Crippen LogP contribution in [0.25, 0.3) is 0 Å². The fourth-order valence-electron chi connectivity index (χ4n) is 4.78. The minimum atomic E-state index is -0.404. The number of carbonyl (C=O) groups is 1. The minimum absolute atomic E-state index is 0.103. The zero-order valence-corrected chi connectivity index (χ0v) is 17.6. The van der Waals surface area contributed by atoms with E-state index in [1.165, 1.54) is 0 Å². The van der Waals surface area contributed by atoms with Crippen molar-refractivity contribution in [2.75, 3.05) is 39.9 Å².